The maximum absolute atomic E-state index is 12.9. The molecule has 154 valence electrons. The number of nitrogens with zero attached hydrogens (tertiary/aromatic N) is 5. The van der Waals surface area contributed by atoms with Crippen molar-refractivity contribution in [1.82, 2.24) is 9.88 Å². The molecule has 0 saturated carbocycles. The molecule has 2 aliphatic rings. The lowest BCUT2D eigenvalue weighted by atomic mass is 10.1. The van der Waals surface area contributed by atoms with Gasteiger partial charge in [0.2, 0.25) is 0 Å². The molecule has 0 radical (unpaired) electrons. The second-order valence-corrected chi connectivity index (χ2v) is 8.75. The number of carbonyl (C=O) groups is 1. The fourth-order valence-corrected chi connectivity index (χ4v) is 4.85. The number of benzene rings is 1. The first-order chi connectivity index (χ1) is 13.9. The Hall–Kier alpha value is -2.68. The Labute approximate surface area is 173 Å². The minimum atomic E-state index is -0.460. The van der Waals surface area contributed by atoms with E-state index in [9.17, 15) is 14.9 Å². The Morgan fingerprint density at radius 2 is 1.72 bits per heavy atom. The molecule has 29 heavy (non-hydrogen) atoms. The third-order valence-electron chi connectivity index (χ3n) is 5.73. The van der Waals surface area contributed by atoms with Crippen molar-refractivity contribution in [2.45, 2.75) is 26.7 Å². The highest BCUT2D eigenvalue weighted by Gasteiger charge is 2.28. The molecule has 8 nitrogen and oxygen atoms in total. The second kappa shape index (κ2) is 7.98. The lowest BCUT2D eigenvalue weighted by Crippen LogP contribution is -2.46. The molecule has 9 heteroatoms. The van der Waals surface area contributed by atoms with Gasteiger partial charge in [-0.05, 0) is 38.8 Å². The van der Waals surface area contributed by atoms with Gasteiger partial charge >= 0.3 is 0 Å². The topological polar surface area (TPSA) is 82.8 Å². The summed E-state index contributed by atoms with van der Waals surface area (Å²) in [5, 5.41) is 12.5. The third-order valence-corrected chi connectivity index (χ3v) is 6.87. The van der Waals surface area contributed by atoms with Crippen LogP contribution < -0.4 is 9.80 Å². The average Bonchev–Trinajstić information content (AvgIpc) is 3.37. The van der Waals surface area contributed by atoms with E-state index < -0.39 is 4.92 Å². The fourth-order valence-electron chi connectivity index (χ4n) is 3.89. The largest absolute Gasteiger partial charge is 0.368 e. The van der Waals surface area contributed by atoms with Gasteiger partial charge in [-0.3, -0.25) is 14.9 Å². The van der Waals surface area contributed by atoms with Crippen molar-refractivity contribution in [2.75, 3.05) is 49.1 Å². The number of hydrogen-bond donors (Lipinski definition) is 0. The monoisotopic (exact) mass is 415 g/mol. The van der Waals surface area contributed by atoms with Gasteiger partial charge in [0.05, 0.1) is 10.6 Å². The number of nitro groups is 1. The first kappa shape index (κ1) is 19.6. The van der Waals surface area contributed by atoms with E-state index in [-0.39, 0.29) is 17.2 Å². The predicted molar refractivity (Wildman–Crippen MR) is 114 cm³/mol. The van der Waals surface area contributed by atoms with E-state index in [0.717, 1.165) is 55.5 Å². The van der Waals surface area contributed by atoms with Crippen LogP contribution in [0.15, 0.2) is 18.2 Å². The van der Waals surface area contributed by atoms with E-state index in [1.807, 2.05) is 6.92 Å². The van der Waals surface area contributed by atoms with Crippen LogP contribution in [0.4, 0.5) is 16.5 Å². The molecule has 0 N–H and O–H groups in total. The number of amides is 1. The van der Waals surface area contributed by atoms with Crippen molar-refractivity contribution in [3.8, 4) is 0 Å². The van der Waals surface area contributed by atoms with Crippen LogP contribution in [0, 0.1) is 24.0 Å². The van der Waals surface area contributed by atoms with Crippen molar-refractivity contribution in [3.05, 3.63) is 44.4 Å². The van der Waals surface area contributed by atoms with Crippen LogP contribution in [0.25, 0.3) is 0 Å². The number of likely N-dealkylation sites (tertiary alicyclic amines) is 1. The molecule has 2 fully saturated rings. The molecular weight excluding hydrogens is 390 g/mol. The predicted octanol–water partition coefficient (Wildman–Crippen LogP) is 3.23. The minimum absolute atomic E-state index is 0.113. The summed E-state index contributed by atoms with van der Waals surface area (Å²) in [4.78, 5) is 35.9. The summed E-state index contributed by atoms with van der Waals surface area (Å²) in [6, 6.07) is 4.93. The number of aromatic nitrogens is 1. The van der Waals surface area contributed by atoms with Crippen molar-refractivity contribution >= 4 is 33.8 Å². The van der Waals surface area contributed by atoms with Crippen molar-refractivity contribution in [1.29, 1.82) is 0 Å². The summed E-state index contributed by atoms with van der Waals surface area (Å²) in [5.41, 5.74) is 2.03. The van der Waals surface area contributed by atoms with Gasteiger partial charge in [0.15, 0.2) is 5.13 Å². The lowest BCUT2D eigenvalue weighted by Gasteiger charge is -2.36. The zero-order chi connectivity index (χ0) is 20.5. The van der Waals surface area contributed by atoms with E-state index in [2.05, 4.69) is 21.7 Å². The summed E-state index contributed by atoms with van der Waals surface area (Å²) in [5.74, 6) is -0.233. The van der Waals surface area contributed by atoms with E-state index >= 15 is 0 Å². The second-order valence-electron chi connectivity index (χ2n) is 7.57. The summed E-state index contributed by atoms with van der Waals surface area (Å²) in [7, 11) is 0. The first-order valence-corrected chi connectivity index (χ1v) is 10.8. The maximum atomic E-state index is 12.9. The molecule has 0 atom stereocenters. The molecule has 0 unspecified atom stereocenters. The number of nitro benzene ring substituents is 1. The van der Waals surface area contributed by atoms with Gasteiger partial charge in [0.25, 0.3) is 11.6 Å². The smallest absolute Gasteiger partial charge is 0.282 e. The standard InChI is InChI=1S/C20H25N5O3S/c1-14-15(2)29-20(21-14)24-11-9-22(10-12-24)16-5-6-18(25(27)28)17(13-16)19(26)23-7-3-4-8-23/h5-6,13H,3-4,7-12H2,1-2H3. The Morgan fingerprint density at radius 1 is 1.07 bits per heavy atom. The van der Waals surface area contributed by atoms with Crippen LogP contribution >= 0.6 is 11.3 Å². The highest BCUT2D eigenvalue weighted by Crippen LogP contribution is 2.30. The lowest BCUT2D eigenvalue weighted by molar-refractivity contribution is -0.385. The molecule has 3 heterocycles. The molecule has 1 aromatic carbocycles. The minimum Gasteiger partial charge on any atom is -0.368 e. The summed E-state index contributed by atoms with van der Waals surface area (Å²) in [6.07, 6.45) is 1.91. The Bertz CT molecular complexity index is 911. The zero-order valence-corrected chi connectivity index (χ0v) is 17.6. The van der Waals surface area contributed by atoms with Crippen LogP contribution in [0.3, 0.4) is 0 Å². The van der Waals surface area contributed by atoms with E-state index in [0.29, 0.717) is 13.1 Å². The Morgan fingerprint density at radius 3 is 2.31 bits per heavy atom. The molecular formula is C20H25N5O3S. The normalized spacial score (nSPS) is 17.1. The molecule has 1 aromatic heterocycles. The third kappa shape index (κ3) is 3.91. The SMILES string of the molecule is Cc1nc(N2CCN(c3ccc([N+](=O)[O-])c(C(=O)N4CCCC4)c3)CC2)sc1C. The van der Waals surface area contributed by atoms with Gasteiger partial charge in [-0.25, -0.2) is 4.98 Å². The van der Waals surface area contributed by atoms with E-state index in [1.165, 1.54) is 10.9 Å². The quantitative estimate of drug-likeness (QED) is 0.563. The van der Waals surface area contributed by atoms with E-state index in [1.54, 1.807) is 28.4 Å². The highest BCUT2D eigenvalue weighted by molar-refractivity contribution is 7.15. The molecule has 1 amide bonds. The highest BCUT2D eigenvalue weighted by atomic mass is 32.1. The number of rotatable bonds is 4. The summed E-state index contributed by atoms with van der Waals surface area (Å²) in [6.45, 7) is 8.69. The number of hydrogen-bond acceptors (Lipinski definition) is 7. The van der Waals surface area contributed by atoms with Crippen molar-refractivity contribution < 1.29 is 9.72 Å². The number of aryl methyl sites for hydroxylation is 2. The average molecular weight is 416 g/mol. The number of carbonyl (C=O) groups excluding carboxylic acids is 1. The van der Waals surface area contributed by atoms with Crippen LogP contribution in [-0.2, 0) is 0 Å². The van der Waals surface area contributed by atoms with Crippen LogP contribution in [0.2, 0.25) is 0 Å². The molecule has 2 saturated heterocycles. The van der Waals surface area contributed by atoms with Gasteiger partial charge in [-0.15, -0.1) is 11.3 Å². The Kier molecular flexibility index (Phi) is 5.40. The molecule has 4 rings (SSSR count). The summed E-state index contributed by atoms with van der Waals surface area (Å²) >= 11 is 1.71. The van der Waals surface area contributed by atoms with Gasteiger partial charge in [-0.1, -0.05) is 0 Å². The van der Waals surface area contributed by atoms with Crippen LogP contribution in [0.1, 0.15) is 33.8 Å². The van der Waals surface area contributed by atoms with Gasteiger partial charge < -0.3 is 14.7 Å². The van der Waals surface area contributed by atoms with E-state index in [4.69, 9.17) is 0 Å². The maximum Gasteiger partial charge on any atom is 0.282 e. The first-order valence-electron chi connectivity index (χ1n) is 9.95. The Balaban J connectivity index is 1.52. The van der Waals surface area contributed by atoms with Crippen molar-refractivity contribution in [3.63, 3.8) is 0 Å². The van der Waals surface area contributed by atoms with Crippen LogP contribution in [0.5, 0.6) is 0 Å². The molecule has 2 aliphatic heterocycles. The zero-order valence-electron chi connectivity index (χ0n) is 16.8. The van der Waals surface area contributed by atoms with Gasteiger partial charge in [0, 0.05) is 55.9 Å². The fraction of sp³-hybridized carbons (Fsp3) is 0.500. The van der Waals surface area contributed by atoms with Gasteiger partial charge in [0.1, 0.15) is 5.56 Å². The van der Waals surface area contributed by atoms with Gasteiger partial charge in [-0.2, -0.15) is 0 Å². The molecule has 0 spiro atoms. The molecule has 0 aliphatic carbocycles. The van der Waals surface area contributed by atoms with Crippen LogP contribution in [-0.4, -0.2) is 60.0 Å². The number of piperazine rings is 1. The molecule has 0 bridgehead atoms. The molecule has 2 aromatic rings. The van der Waals surface area contributed by atoms with Crippen molar-refractivity contribution in [2.24, 2.45) is 0 Å². The summed E-state index contributed by atoms with van der Waals surface area (Å²) < 4.78 is 0. The number of thiazole rings is 1. The number of anilines is 2.